The van der Waals surface area contributed by atoms with Gasteiger partial charge in [-0.05, 0) is 31.5 Å². The summed E-state index contributed by atoms with van der Waals surface area (Å²) in [5.74, 6) is 0.679. The highest BCUT2D eigenvalue weighted by Crippen LogP contribution is 2.13. The number of hydrogen-bond acceptors (Lipinski definition) is 3. The van der Waals surface area contributed by atoms with Gasteiger partial charge in [0.25, 0.3) is 0 Å². The Morgan fingerprint density at radius 2 is 2.28 bits per heavy atom. The molecule has 1 unspecified atom stereocenters. The summed E-state index contributed by atoms with van der Waals surface area (Å²) >= 11 is 0. The summed E-state index contributed by atoms with van der Waals surface area (Å²) in [5.41, 5.74) is 0.928. The van der Waals surface area contributed by atoms with Gasteiger partial charge in [-0.25, -0.2) is 4.39 Å². The number of aromatic nitrogens is 3. The van der Waals surface area contributed by atoms with E-state index in [-0.39, 0.29) is 11.9 Å². The van der Waals surface area contributed by atoms with Crippen LogP contribution in [0.1, 0.15) is 31.3 Å². The second-order valence-electron chi connectivity index (χ2n) is 4.19. The number of benzene rings is 1. The van der Waals surface area contributed by atoms with Gasteiger partial charge >= 0.3 is 0 Å². The smallest absolute Gasteiger partial charge is 0.146 e. The van der Waals surface area contributed by atoms with Crippen LogP contribution in [0.4, 0.5) is 4.39 Å². The molecule has 0 aliphatic rings. The first-order valence-electron chi connectivity index (χ1n) is 6.06. The fourth-order valence-electron chi connectivity index (χ4n) is 1.82. The maximum Gasteiger partial charge on any atom is 0.146 e. The third kappa shape index (κ3) is 2.92. The predicted molar refractivity (Wildman–Crippen MR) is 67.4 cm³/mol. The minimum atomic E-state index is -0.210. The van der Waals surface area contributed by atoms with Crippen LogP contribution in [0.3, 0.4) is 0 Å². The second kappa shape index (κ2) is 5.73. The summed E-state index contributed by atoms with van der Waals surface area (Å²) in [4.78, 5) is 0. The molecule has 18 heavy (non-hydrogen) atoms. The summed E-state index contributed by atoms with van der Waals surface area (Å²) in [6, 6.07) is 6.69. The van der Waals surface area contributed by atoms with Crippen molar-refractivity contribution >= 4 is 0 Å². The van der Waals surface area contributed by atoms with Gasteiger partial charge in [-0.1, -0.05) is 12.1 Å². The number of nitrogens with one attached hydrogen (secondary N) is 1. The Morgan fingerprint density at radius 3 is 3.00 bits per heavy atom. The first kappa shape index (κ1) is 12.7. The van der Waals surface area contributed by atoms with E-state index in [1.54, 1.807) is 18.5 Å². The van der Waals surface area contributed by atoms with Crippen LogP contribution < -0.4 is 5.32 Å². The van der Waals surface area contributed by atoms with E-state index in [2.05, 4.69) is 15.5 Å². The minimum Gasteiger partial charge on any atom is -0.317 e. The lowest BCUT2D eigenvalue weighted by Gasteiger charge is -2.14. The van der Waals surface area contributed by atoms with Gasteiger partial charge in [0.15, 0.2) is 0 Å². The van der Waals surface area contributed by atoms with Crippen molar-refractivity contribution in [3.8, 4) is 0 Å². The summed E-state index contributed by atoms with van der Waals surface area (Å²) in [5, 5.41) is 11.2. The molecule has 0 saturated carbocycles. The molecule has 2 aromatic rings. The molecule has 0 saturated heterocycles. The number of aryl methyl sites for hydroxylation is 1. The molecule has 0 aliphatic carbocycles. The number of rotatable bonds is 5. The van der Waals surface area contributed by atoms with Crippen LogP contribution in [0.25, 0.3) is 0 Å². The minimum absolute atomic E-state index is 0.0720. The Morgan fingerprint density at radius 1 is 1.44 bits per heavy atom. The predicted octanol–water partition coefficient (Wildman–Crippen LogP) is 2.29. The molecule has 1 N–H and O–H groups in total. The summed E-state index contributed by atoms with van der Waals surface area (Å²) in [6.45, 7) is 5.51. The first-order valence-corrected chi connectivity index (χ1v) is 6.06. The van der Waals surface area contributed by atoms with Crippen molar-refractivity contribution in [3.05, 3.63) is 47.8 Å². The highest BCUT2D eigenvalue weighted by atomic mass is 19.1. The largest absolute Gasteiger partial charge is 0.317 e. The van der Waals surface area contributed by atoms with Crippen molar-refractivity contribution in [2.45, 2.75) is 33.0 Å². The molecule has 1 aromatic heterocycles. The summed E-state index contributed by atoms with van der Waals surface area (Å²) in [7, 11) is 0. The molecule has 0 fully saturated rings. The first-order chi connectivity index (χ1) is 8.70. The maximum absolute atomic E-state index is 13.1. The van der Waals surface area contributed by atoms with Gasteiger partial charge in [0.2, 0.25) is 0 Å². The van der Waals surface area contributed by atoms with Gasteiger partial charge < -0.3 is 9.88 Å². The summed E-state index contributed by atoms with van der Waals surface area (Å²) in [6.07, 6.45) is 1.71. The van der Waals surface area contributed by atoms with Gasteiger partial charge in [0, 0.05) is 12.6 Å². The molecule has 0 aliphatic heterocycles. The monoisotopic (exact) mass is 248 g/mol. The van der Waals surface area contributed by atoms with Crippen LogP contribution in [0, 0.1) is 5.82 Å². The highest BCUT2D eigenvalue weighted by molar-refractivity contribution is 5.19. The Hall–Kier alpha value is -1.75. The molecule has 0 radical (unpaired) electrons. The molecule has 0 spiro atoms. The van der Waals surface area contributed by atoms with E-state index in [9.17, 15) is 4.39 Å². The van der Waals surface area contributed by atoms with Crippen molar-refractivity contribution < 1.29 is 4.39 Å². The van der Waals surface area contributed by atoms with Crippen LogP contribution in [0.15, 0.2) is 30.6 Å². The normalized spacial score (nSPS) is 12.6. The molecule has 1 aromatic carbocycles. The molecule has 4 nitrogen and oxygen atoms in total. The van der Waals surface area contributed by atoms with Crippen molar-refractivity contribution in [1.82, 2.24) is 20.1 Å². The average Bonchev–Trinajstić information content (AvgIpc) is 2.83. The van der Waals surface area contributed by atoms with Crippen molar-refractivity contribution in [1.29, 1.82) is 0 Å². The number of nitrogens with zero attached hydrogens (tertiary/aromatic N) is 3. The van der Waals surface area contributed by atoms with E-state index in [1.165, 1.54) is 6.07 Å². The topological polar surface area (TPSA) is 42.7 Å². The Balaban J connectivity index is 1.98. The maximum atomic E-state index is 13.1. The van der Waals surface area contributed by atoms with E-state index in [0.29, 0.717) is 6.54 Å². The van der Waals surface area contributed by atoms with E-state index < -0.39 is 0 Å². The molecular formula is C13H17FN4. The van der Waals surface area contributed by atoms with Gasteiger partial charge in [-0.2, -0.15) is 0 Å². The molecule has 0 amide bonds. The standard InChI is InChI=1S/C13H17FN4/c1-3-18-9-16-17-13(18)8-15-10(2)11-5-4-6-12(14)7-11/h4-7,9-10,15H,3,8H2,1-2H3. The average molecular weight is 248 g/mol. The fourth-order valence-corrected chi connectivity index (χ4v) is 1.82. The van der Waals surface area contributed by atoms with E-state index in [0.717, 1.165) is 17.9 Å². The van der Waals surface area contributed by atoms with Crippen LogP contribution in [-0.2, 0) is 13.1 Å². The fraction of sp³-hybridized carbons (Fsp3) is 0.385. The summed E-state index contributed by atoms with van der Waals surface area (Å²) < 4.78 is 15.1. The van der Waals surface area contributed by atoms with Crippen molar-refractivity contribution in [2.24, 2.45) is 0 Å². The van der Waals surface area contributed by atoms with Crippen LogP contribution in [0.2, 0.25) is 0 Å². The quantitative estimate of drug-likeness (QED) is 0.882. The molecular weight excluding hydrogens is 231 g/mol. The second-order valence-corrected chi connectivity index (χ2v) is 4.19. The van der Waals surface area contributed by atoms with E-state index in [1.807, 2.05) is 24.5 Å². The third-order valence-corrected chi connectivity index (χ3v) is 2.95. The van der Waals surface area contributed by atoms with Crippen LogP contribution in [0.5, 0.6) is 0 Å². The molecule has 0 bridgehead atoms. The number of halogens is 1. The van der Waals surface area contributed by atoms with Gasteiger partial charge in [0.1, 0.15) is 18.0 Å². The lowest BCUT2D eigenvalue weighted by Crippen LogP contribution is -2.20. The molecule has 1 heterocycles. The molecule has 96 valence electrons. The van der Waals surface area contributed by atoms with E-state index in [4.69, 9.17) is 0 Å². The van der Waals surface area contributed by atoms with E-state index >= 15 is 0 Å². The lowest BCUT2D eigenvalue weighted by atomic mass is 10.1. The zero-order valence-electron chi connectivity index (χ0n) is 10.6. The SMILES string of the molecule is CCn1cnnc1CNC(C)c1cccc(F)c1. The molecule has 1 atom stereocenters. The van der Waals surface area contributed by atoms with Crippen molar-refractivity contribution in [3.63, 3.8) is 0 Å². The highest BCUT2D eigenvalue weighted by Gasteiger charge is 2.08. The third-order valence-electron chi connectivity index (χ3n) is 2.95. The number of hydrogen-bond donors (Lipinski definition) is 1. The van der Waals surface area contributed by atoms with Gasteiger partial charge in [-0.3, -0.25) is 0 Å². The Labute approximate surface area is 106 Å². The lowest BCUT2D eigenvalue weighted by molar-refractivity contribution is 0.535. The zero-order valence-corrected chi connectivity index (χ0v) is 10.6. The Kier molecular flexibility index (Phi) is 4.04. The van der Waals surface area contributed by atoms with Crippen molar-refractivity contribution in [2.75, 3.05) is 0 Å². The molecule has 5 heteroatoms. The van der Waals surface area contributed by atoms with Crippen LogP contribution >= 0.6 is 0 Å². The van der Waals surface area contributed by atoms with Crippen LogP contribution in [-0.4, -0.2) is 14.8 Å². The van der Waals surface area contributed by atoms with Gasteiger partial charge in [0.05, 0.1) is 6.54 Å². The molecule has 2 rings (SSSR count). The zero-order chi connectivity index (χ0) is 13.0. The Bertz CT molecular complexity index is 509. The van der Waals surface area contributed by atoms with Gasteiger partial charge in [-0.15, -0.1) is 10.2 Å².